The van der Waals surface area contributed by atoms with Crippen molar-refractivity contribution in [1.82, 2.24) is 10.2 Å². The van der Waals surface area contributed by atoms with E-state index in [2.05, 4.69) is 5.32 Å². The highest BCUT2D eigenvalue weighted by Gasteiger charge is 2.34. The highest BCUT2D eigenvalue weighted by molar-refractivity contribution is 7.92. The Morgan fingerprint density at radius 3 is 2.09 bits per heavy atom. The molecule has 4 aromatic rings. The van der Waals surface area contributed by atoms with E-state index in [1.165, 1.54) is 17.0 Å². The Morgan fingerprint density at radius 2 is 1.49 bits per heavy atom. The number of halogens is 1. The molecule has 248 valence electrons. The molecule has 47 heavy (non-hydrogen) atoms. The van der Waals surface area contributed by atoms with Crippen LogP contribution in [0.3, 0.4) is 0 Å². The van der Waals surface area contributed by atoms with Gasteiger partial charge < -0.3 is 15.0 Å². The SMILES string of the molecule is CCOc1ccc(N(CC(=O)N(Cc2ccc(C)cc2)[C@H](Cc2ccccc2)C(=O)NCC(C)C)S(=O)(=O)c2ccc(F)cc2)cc1. The Kier molecular flexibility index (Phi) is 12.1. The van der Waals surface area contributed by atoms with E-state index in [1.54, 1.807) is 24.3 Å². The highest BCUT2D eigenvalue weighted by Crippen LogP contribution is 2.27. The summed E-state index contributed by atoms with van der Waals surface area (Å²) in [5, 5.41) is 2.98. The lowest BCUT2D eigenvalue weighted by Gasteiger charge is -2.34. The molecular formula is C37H42FN3O5S. The van der Waals surface area contributed by atoms with Crippen LogP contribution in [0.5, 0.6) is 5.75 Å². The first-order chi connectivity index (χ1) is 22.5. The lowest BCUT2D eigenvalue weighted by molar-refractivity contribution is -0.140. The quantitative estimate of drug-likeness (QED) is 0.166. The molecule has 0 aliphatic carbocycles. The average molecular weight is 660 g/mol. The second-order valence-electron chi connectivity index (χ2n) is 11.7. The molecular weight excluding hydrogens is 617 g/mol. The number of aryl methyl sites for hydroxylation is 1. The van der Waals surface area contributed by atoms with E-state index in [9.17, 15) is 22.4 Å². The predicted molar refractivity (Wildman–Crippen MR) is 182 cm³/mol. The second-order valence-corrected chi connectivity index (χ2v) is 13.6. The summed E-state index contributed by atoms with van der Waals surface area (Å²) in [5.74, 6) is -0.795. The summed E-state index contributed by atoms with van der Waals surface area (Å²) >= 11 is 0. The molecule has 0 aliphatic heterocycles. The number of benzene rings is 4. The fraction of sp³-hybridized carbons (Fsp3) is 0.297. The molecule has 0 radical (unpaired) electrons. The zero-order chi connectivity index (χ0) is 34.0. The third-order valence-electron chi connectivity index (χ3n) is 7.55. The molecule has 10 heteroatoms. The second kappa shape index (κ2) is 16.2. The number of sulfonamides is 1. The zero-order valence-electron chi connectivity index (χ0n) is 27.2. The van der Waals surface area contributed by atoms with Gasteiger partial charge in [0.2, 0.25) is 11.8 Å². The van der Waals surface area contributed by atoms with Crippen LogP contribution in [-0.4, -0.2) is 50.9 Å². The number of carbonyl (C=O) groups is 2. The normalized spacial score (nSPS) is 12.0. The van der Waals surface area contributed by atoms with Crippen molar-refractivity contribution in [3.05, 3.63) is 126 Å². The maximum absolute atomic E-state index is 14.5. The number of anilines is 1. The number of hydrogen-bond donors (Lipinski definition) is 1. The van der Waals surface area contributed by atoms with Gasteiger partial charge in [0.05, 0.1) is 17.2 Å². The third-order valence-corrected chi connectivity index (χ3v) is 9.33. The van der Waals surface area contributed by atoms with Crippen LogP contribution < -0.4 is 14.4 Å². The van der Waals surface area contributed by atoms with Crippen LogP contribution in [-0.2, 0) is 32.6 Å². The van der Waals surface area contributed by atoms with Crippen molar-refractivity contribution in [2.45, 2.75) is 51.6 Å². The first-order valence-corrected chi connectivity index (χ1v) is 17.1. The molecule has 4 aromatic carbocycles. The molecule has 0 fully saturated rings. The Bertz CT molecular complexity index is 1710. The van der Waals surface area contributed by atoms with Gasteiger partial charge in [0, 0.05) is 19.5 Å². The van der Waals surface area contributed by atoms with Crippen LogP contribution in [0, 0.1) is 18.7 Å². The molecule has 0 bridgehead atoms. The maximum atomic E-state index is 14.5. The number of nitrogens with one attached hydrogen (secondary N) is 1. The fourth-order valence-corrected chi connectivity index (χ4v) is 6.42. The van der Waals surface area contributed by atoms with Crippen molar-refractivity contribution in [2.24, 2.45) is 5.92 Å². The smallest absolute Gasteiger partial charge is 0.264 e. The lowest BCUT2D eigenvalue weighted by Crippen LogP contribution is -2.53. The lowest BCUT2D eigenvalue weighted by atomic mass is 10.0. The van der Waals surface area contributed by atoms with Gasteiger partial charge in [-0.2, -0.15) is 0 Å². The number of hydrogen-bond acceptors (Lipinski definition) is 5. The van der Waals surface area contributed by atoms with Crippen LogP contribution in [0.25, 0.3) is 0 Å². The number of nitrogens with zero attached hydrogens (tertiary/aromatic N) is 2. The molecule has 8 nitrogen and oxygen atoms in total. The minimum absolute atomic E-state index is 0.0689. The summed E-state index contributed by atoms with van der Waals surface area (Å²) in [4.78, 5) is 29.7. The molecule has 0 unspecified atom stereocenters. The van der Waals surface area contributed by atoms with Crippen molar-refractivity contribution >= 4 is 27.5 Å². The standard InChI is InChI=1S/C37H42FN3O5S/c1-5-46-33-19-17-32(18-20-33)41(47(44,45)34-21-15-31(38)16-22-34)26-36(42)40(25-30-13-11-28(4)12-14-30)35(37(43)39-24-27(2)3)23-29-9-7-6-8-10-29/h6-22,27,35H,5,23-26H2,1-4H3,(H,39,43)/t35-/m1/s1. The van der Waals surface area contributed by atoms with Gasteiger partial charge in [-0.05, 0) is 79.4 Å². The minimum atomic E-state index is -4.35. The summed E-state index contributed by atoms with van der Waals surface area (Å²) in [7, 11) is -4.35. The first kappa shape index (κ1) is 35.2. The fourth-order valence-electron chi connectivity index (χ4n) is 5.00. The van der Waals surface area contributed by atoms with Gasteiger partial charge in [-0.1, -0.05) is 74.0 Å². The summed E-state index contributed by atoms with van der Waals surface area (Å²) in [6, 6.07) is 26.9. The van der Waals surface area contributed by atoms with Gasteiger partial charge in [-0.3, -0.25) is 13.9 Å². The molecule has 0 aliphatic rings. The van der Waals surface area contributed by atoms with E-state index >= 15 is 0 Å². The van der Waals surface area contributed by atoms with E-state index in [4.69, 9.17) is 4.74 Å². The third kappa shape index (κ3) is 9.65. The van der Waals surface area contributed by atoms with Crippen molar-refractivity contribution in [1.29, 1.82) is 0 Å². The topological polar surface area (TPSA) is 96.0 Å². The molecule has 0 saturated carbocycles. The Balaban J connectivity index is 1.79. The summed E-state index contributed by atoms with van der Waals surface area (Å²) in [5.41, 5.74) is 2.88. The Hall–Kier alpha value is -4.70. The number of rotatable bonds is 15. The zero-order valence-corrected chi connectivity index (χ0v) is 28.0. The van der Waals surface area contributed by atoms with Crippen LogP contribution in [0.4, 0.5) is 10.1 Å². The van der Waals surface area contributed by atoms with Crippen LogP contribution in [0.2, 0.25) is 0 Å². The molecule has 0 aromatic heterocycles. The summed E-state index contributed by atoms with van der Waals surface area (Å²) in [6.07, 6.45) is 0.218. The average Bonchev–Trinajstić information content (AvgIpc) is 3.06. The predicted octanol–water partition coefficient (Wildman–Crippen LogP) is 6.14. The maximum Gasteiger partial charge on any atom is 0.264 e. The van der Waals surface area contributed by atoms with Gasteiger partial charge in [-0.25, -0.2) is 12.8 Å². The van der Waals surface area contributed by atoms with Crippen LogP contribution in [0.15, 0.2) is 108 Å². The van der Waals surface area contributed by atoms with Gasteiger partial charge >= 0.3 is 0 Å². The first-order valence-electron chi connectivity index (χ1n) is 15.7. The van der Waals surface area contributed by atoms with E-state index in [-0.39, 0.29) is 35.4 Å². The van der Waals surface area contributed by atoms with Gasteiger partial charge in [-0.15, -0.1) is 0 Å². The van der Waals surface area contributed by atoms with E-state index in [0.29, 0.717) is 18.9 Å². The number of carbonyl (C=O) groups excluding carboxylic acids is 2. The molecule has 0 spiro atoms. The largest absolute Gasteiger partial charge is 0.494 e. The number of amides is 2. The van der Waals surface area contributed by atoms with Crippen LogP contribution >= 0.6 is 0 Å². The number of ether oxygens (including phenoxy) is 1. The van der Waals surface area contributed by atoms with Crippen molar-refractivity contribution in [3.63, 3.8) is 0 Å². The highest BCUT2D eigenvalue weighted by atomic mass is 32.2. The van der Waals surface area contributed by atoms with Crippen molar-refractivity contribution in [3.8, 4) is 5.75 Å². The minimum Gasteiger partial charge on any atom is -0.494 e. The molecule has 4 rings (SSSR count). The molecule has 2 amide bonds. The van der Waals surface area contributed by atoms with Gasteiger partial charge in [0.1, 0.15) is 24.2 Å². The van der Waals surface area contributed by atoms with Crippen LogP contribution in [0.1, 0.15) is 37.5 Å². The van der Waals surface area contributed by atoms with Crippen molar-refractivity contribution in [2.75, 3.05) is 24.0 Å². The molecule has 1 N–H and O–H groups in total. The van der Waals surface area contributed by atoms with Gasteiger partial charge in [0.15, 0.2) is 0 Å². The Labute approximate surface area is 277 Å². The van der Waals surface area contributed by atoms with Gasteiger partial charge in [0.25, 0.3) is 10.0 Å². The summed E-state index contributed by atoms with van der Waals surface area (Å²) < 4.78 is 48.5. The van der Waals surface area contributed by atoms with E-state index in [0.717, 1.165) is 33.1 Å². The summed E-state index contributed by atoms with van der Waals surface area (Å²) in [6.45, 7) is 8.05. The molecule has 1 atom stereocenters. The Morgan fingerprint density at radius 1 is 0.851 bits per heavy atom. The molecule has 0 saturated heterocycles. The van der Waals surface area contributed by atoms with E-state index in [1.807, 2.05) is 82.3 Å². The van der Waals surface area contributed by atoms with Crippen molar-refractivity contribution < 1.29 is 27.1 Å². The van der Waals surface area contributed by atoms with E-state index < -0.39 is 34.3 Å². The monoisotopic (exact) mass is 659 g/mol. The molecule has 0 heterocycles.